The van der Waals surface area contributed by atoms with Crippen LogP contribution in [-0.4, -0.2) is 21.7 Å². The fourth-order valence-corrected chi connectivity index (χ4v) is 3.15. The van der Waals surface area contributed by atoms with Crippen molar-refractivity contribution >= 4 is 28.3 Å². The predicted octanol–water partition coefficient (Wildman–Crippen LogP) is 3.89. The standard InChI is InChI=1S/C24H19N3O4/c1-2-27-23(29)20-11-7-6-10-19(20)21(26-27)24(30)31-18-14-12-17(13-15-18)25-22(28)16-8-4-3-5-9-16/h3-15H,2H2,1H3,(H,25,28). The second-order valence-corrected chi connectivity index (χ2v) is 6.75. The normalized spacial score (nSPS) is 10.6. The maximum absolute atomic E-state index is 12.8. The minimum absolute atomic E-state index is 0.0681. The average molecular weight is 413 g/mol. The van der Waals surface area contributed by atoms with E-state index in [9.17, 15) is 14.4 Å². The smallest absolute Gasteiger partial charge is 0.364 e. The third-order valence-electron chi connectivity index (χ3n) is 4.72. The van der Waals surface area contributed by atoms with E-state index in [0.29, 0.717) is 34.3 Å². The molecule has 0 aliphatic rings. The third-order valence-corrected chi connectivity index (χ3v) is 4.72. The minimum Gasteiger partial charge on any atom is -0.422 e. The molecule has 31 heavy (non-hydrogen) atoms. The fourth-order valence-electron chi connectivity index (χ4n) is 3.15. The molecule has 0 fully saturated rings. The fraction of sp³-hybridized carbons (Fsp3) is 0.0833. The Morgan fingerprint density at radius 1 is 0.903 bits per heavy atom. The van der Waals surface area contributed by atoms with E-state index in [1.807, 2.05) is 6.07 Å². The highest BCUT2D eigenvalue weighted by Crippen LogP contribution is 2.20. The van der Waals surface area contributed by atoms with E-state index >= 15 is 0 Å². The van der Waals surface area contributed by atoms with Crippen LogP contribution in [0.25, 0.3) is 10.8 Å². The first-order valence-electron chi connectivity index (χ1n) is 9.75. The number of hydrogen-bond acceptors (Lipinski definition) is 5. The summed E-state index contributed by atoms with van der Waals surface area (Å²) in [4.78, 5) is 37.5. The Balaban J connectivity index is 1.54. The number of esters is 1. The summed E-state index contributed by atoms with van der Waals surface area (Å²) in [7, 11) is 0. The third kappa shape index (κ3) is 4.20. The number of rotatable bonds is 5. The van der Waals surface area contributed by atoms with Crippen LogP contribution in [0.1, 0.15) is 27.8 Å². The van der Waals surface area contributed by atoms with Crippen molar-refractivity contribution in [1.82, 2.24) is 9.78 Å². The lowest BCUT2D eigenvalue weighted by atomic mass is 10.1. The molecular weight excluding hydrogens is 394 g/mol. The van der Waals surface area contributed by atoms with Gasteiger partial charge in [-0.05, 0) is 49.4 Å². The van der Waals surface area contributed by atoms with Crippen LogP contribution in [-0.2, 0) is 6.54 Å². The van der Waals surface area contributed by atoms with Gasteiger partial charge in [0.25, 0.3) is 11.5 Å². The lowest BCUT2D eigenvalue weighted by Crippen LogP contribution is -2.26. The summed E-state index contributed by atoms with van der Waals surface area (Å²) < 4.78 is 6.70. The first-order chi connectivity index (χ1) is 15.1. The van der Waals surface area contributed by atoms with Gasteiger partial charge in [-0.15, -0.1) is 0 Å². The van der Waals surface area contributed by atoms with Crippen LogP contribution < -0.4 is 15.6 Å². The molecule has 1 amide bonds. The highest BCUT2D eigenvalue weighted by atomic mass is 16.5. The van der Waals surface area contributed by atoms with Crippen molar-refractivity contribution in [3.8, 4) is 5.75 Å². The highest BCUT2D eigenvalue weighted by molar-refractivity contribution is 6.04. The summed E-state index contributed by atoms with van der Waals surface area (Å²) in [6.45, 7) is 2.11. The van der Waals surface area contributed by atoms with E-state index in [0.717, 1.165) is 0 Å². The average Bonchev–Trinajstić information content (AvgIpc) is 2.81. The van der Waals surface area contributed by atoms with Crippen LogP contribution in [0.3, 0.4) is 0 Å². The largest absolute Gasteiger partial charge is 0.422 e. The van der Waals surface area contributed by atoms with Crippen molar-refractivity contribution in [3.63, 3.8) is 0 Å². The van der Waals surface area contributed by atoms with Crippen LogP contribution in [0.15, 0.2) is 83.7 Å². The van der Waals surface area contributed by atoms with E-state index in [4.69, 9.17) is 4.74 Å². The van der Waals surface area contributed by atoms with E-state index in [1.165, 1.54) is 4.68 Å². The second-order valence-electron chi connectivity index (χ2n) is 6.75. The summed E-state index contributed by atoms with van der Waals surface area (Å²) in [5.41, 5.74) is 0.922. The van der Waals surface area contributed by atoms with Gasteiger partial charge in [0.2, 0.25) is 0 Å². The van der Waals surface area contributed by atoms with Gasteiger partial charge in [0, 0.05) is 23.2 Å². The molecule has 0 unspecified atom stereocenters. The van der Waals surface area contributed by atoms with Crippen molar-refractivity contribution < 1.29 is 14.3 Å². The molecule has 4 rings (SSSR count). The SMILES string of the molecule is CCn1nc(C(=O)Oc2ccc(NC(=O)c3ccccc3)cc2)c2ccccc2c1=O. The molecule has 0 radical (unpaired) electrons. The van der Waals surface area contributed by atoms with Gasteiger partial charge in [-0.25, -0.2) is 9.48 Å². The lowest BCUT2D eigenvalue weighted by molar-refractivity contribution is 0.0728. The summed E-state index contributed by atoms with van der Waals surface area (Å²) >= 11 is 0. The van der Waals surface area contributed by atoms with Crippen molar-refractivity contribution in [2.75, 3.05) is 5.32 Å². The molecular formula is C24H19N3O4. The predicted molar refractivity (Wildman–Crippen MR) is 117 cm³/mol. The van der Waals surface area contributed by atoms with Crippen LogP contribution in [0, 0.1) is 0 Å². The number of benzene rings is 3. The quantitative estimate of drug-likeness (QED) is 0.396. The maximum Gasteiger partial charge on any atom is 0.364 e. The molecule has 1 aromatic heterocycles. The molecule has 3 aromatic carbocycles. The summed E-state index contributed by atoms with van der Waals surface area (Å²) in [5.74, 6) is -0.606. The van der Waals surface area contributed by atoms with Gasteiger partial charge in [0.05, 0.1) is 5.39 Å². The first kappa shape index (κ1) is 20.0. The number of anilines is 1. The van der Waals surface area contributed by atoms with E-state index in [2.05, 4.69) is 10.4 Å². The van der Waals surface area contributed by atoms with Crippen molar-refractivity contribution in [2.45, 2.75) is 13.5 Å². The van der Waals surface area contributed by atoms with E-state index in [1.54, 1.807) is 79.7 Å². The molecule has 0 saturated heterocycles. The molecule has 0 spiro atoms. The summed E-state index contributed by atoms with van der Waals surface area (Å²) in [6, 6.07) is 22.1. The van der Waals surface area contributed by atoms with Crippen LogP contribution in [0.2, 0.25) is 0 Å². The summed E-state index contributed by atoms with van der Waals surface area (Å²) in [6.07, 6.45) is 0. The number of aromatic nitrogens is 2. The molecule has 7 nitrogen and oxygen atoms in total. The second kappa shape index (κ2) is 8.62. The number of carbonyl (C=O) groups is 2. The molecule has 7 heteroatoms. The van der Waals surface area contributed by atoms with Crippen molar-refractivity contribution in [3.05, 3.63) is 100 Å². The van der Waals surface area contributed by atoms with Gasteiger partial charge in [0.1, 0.15) is 5.75 Å². The van der Waals surface area contributed by atoms with Gasteiger partial charge in [-0.3, -0.25) is 9.59 Å². The lowest BCUT2D eigenvalue weighted by Gasteiger charge is -2.10. The molecule has 0 aliphatic carbocycles. The zero-order valence-electron chi connectivity index (χ0n) is 16.7. The Kier molecular flexibility index (Phi) is 5.57. The Bertz CT molecular complexity index is 1310. The molecule has 0 saturated carbocycles. The number of hydrogen-bond donors (Lipinski definition) is 1. The zero-order chi connectivity index (χ0) is 21.8. The van der Waals surface area contributed by atoms with Gasteiger partial charge in [0.15, 0.2) is 5.69 Å². The highest BCUT2D eigenvalue weighted by Gasteiger charge is 2.18. The number of aryl methyl sites for hydroxylation is 1. The van der Waals surface area contributed by atoms with Crippen molar-refractivity contribution in [2.24, 2.45) is 0 Å². The van der Waals surface area contributed by atoms with Gasteiger partial charge < -0.3 is 10.1 Å². The first-order valence-corrected chi connectivity index (χ1v) is 9.75. The number of carbonyl (C=O) groups excluding carboxylic acids is 2. The molecule has 0 aliphatic heterocycles. The Labute approximate surface area is 177 Å². The number of ether oxygens (including phenoxy) is 1. The monoisotopic (exact) mass is 413 g/mol. The minimum atomic E-state index is -0.667. The van der Waals surface area contributed by atoms with E-state index in [-0.39, 0.29) is 17.2 Å². The molecule has 1 heterocycles. The number of nitrogens with one attached hydrogen (secondary N) is 1. The van der Waals surface area contributed by atoms with Crippen LogP contribution in [0.5, 0.6) is 5.75 Å². The van der Waals surface area contributed by atoms with Gasteiger partial charge >= 0.3 is 5.97 Å². The Morgan fingerprint density at radius 3 is 2.23 bits per heavy atom. The molecule has 4 aromatic rings. The maximum atomic E-state index is 12.8. The summed E-state index contributed by atoms with van der Waals surface area (Å²) in [5, 5.41) is 7.81. The number of nitrogens with zero attached hydrogens (tertiary/aromatic N) is 2. The molecule has 1 N–H and O–H groups in total. The van der Waals surface area contributed by atoms with Crippen molar-refractivity contribution in [1.29, 1.82) is 0 Å². The topological polar surface area (TPSA) is 90.3 Å². The Hall–Kier alpha value is -4.26. The Morgan fingerprint density at radius 2 is 1.55 bits per heavy atom. The number of amides is 1. The number of fused-ring (bicyclic) bond motifs is 1. The molecule has 0 atom stereocenters. The molecule has 0 bridgehead atoms. The van der Waals surface area contributed by atoms with E-state index < -0.39 is 5.97 Å². The van der Waals surface area contributed by atoms with Gasteiger partial charge in [-0.1, -0.05) is 36.4 Å². The van der Waals surface area contributed by atoms with Crippen LogP contribution >= 0.6 is 0 Å². The van der Waals surface area contributed by atoms with Crippen LogP contribution in [0.4, 0.5) is 5.69 Å². The van der Waals surface area contributed by atoms with Gasteiger partial charge in [-0.2, -0.15) is 5.10 Å². The molecule has 154 valence electrons. The zero-order valence-corrected chi connectivity index (χ0v) is 16.7.